The third-order valence-corrected chi connectivity index (χ3v) is 6.57. The number of benzene rings is 2. The first-order valence-electron chi connectivity index (χ1n) is 12.7. The van der Waals surface area contributed by atoms with Crippen LogP contribution in [0.15, 0.2) is 83.9 Å². The van der Waals surface area contributed by atoms with Gasteiger partial charge in [-0.05, 0) is 61.0 Å². The summed E-state index contributed by atoms with van der Waals surface area (Å²) in [6, 6.07) is 18.2. The first kappa shape index (κ1) is 27.9. The van der Waals surface area contributed by atoms with E-state index in [9.17, 15) is 20.0 Å². The van der Waals surface area contributed by atoms with E-state index >= 15 is 0 Å². The normalized spacial score (nSPS) is 11.5. The Balaban J connectivity index is 1.52. The Kier molecular flexibility index (Phi) is 7.90. The van der Waals surface area contributed by atoms with Gasteiger partial charge in [-0.15, -0.1) is 0 Å². The average Bonchev–Trinajstić information content (AvgIpc) is 3.66. The van der Waals surface area contributed by atoms with Crippen LogP contribution in [-0.4, -0.2) is 37.6 Å². The van der Waals surface area contributed by atoms with Gasteiger partial charge in [0.25, 0.3) is 5.91 Å². The minimum absolute atomic E-state index is 0.00230. The molecule has 0 radical (unpaired) electrons. The lowest BCUT2D eigenvalue weighted by atomic mass is 9.97. The lowest BCUT2D eigenvalue weighted by Gasteiger charge is -2.17. The molecule has 1 atom stereocenters. The van der Waals surface area contributed by atoms with Crippen molar-refractivity contribution in [1.82, 2.24) is 14.5 Å². The number of carbonyl (C=O) groups excluding carboxylic acids is 2. The summed E-state index contributed by atoms with van der Waals surface area (Å²) in [4.78, 5) is 32.9. The van der Waals surface area contributed by atoms with Gasteiger partial charge in [0.1, 0.15) is 23.7 Å². The number of anilines is 2. The summed E-state index contributed by atoms with van der Waals surface area (Å²) in [7, 11) is 0. The van der Waals surface area contributed by atoms with Gasteiger partial charge in [-0.3, -0.25) is 9.36 Å². The Hall–Kier alpha value is -5.60. The molecule has 0 saturated carbocycles. The predicted octanol–water partition coefficient (Wildman–Crippen LogP) is 5.66. The maximum absolute atomic E-state index is 12.9. The quantitative estimate of drug-likeness (QED) is 0.182. The van der Waals surface area contributed by atoms with Crippen LogP contribution < -0.4 is 16.4 Å². The van der Waals surface area contributed by atoms with E-state index in [1.54, 1.807) is 30.5 Å². The highest BCUT2D eigenvalue weighted by Gasteiger charge is 2.20. The van der Waals surface area contributed by atoms with Crippen molar-refractivity contribution < 1.29 is 19.1 Å². The number of imidazole rings is 1. The average molecular weight is 582 g/mol. The fourth-order valence-corrected chi connectivity index (χ4v) is 4.59. The number of pyridine rings is 1. The zero-order valence-electron chi connectivity index (χ0n) is 22.2. The molecular formula is C30H24ClN7O4. The lowest BCUT2D eigenvalue weighted by molar-refractivity contribution is 0.0996. The number of phenolic OH excluding ortho intramolecular Hbond substituents is 1. The highest BCUT2D eigenvalue weighted by molar-refractivity contribution is 6.30. The summed E-state index contributed by atoms with van der Waals surface area (Å²) in [6.45, 7) is 1.97. The minimum atomic E-state index is -0.612. The van der Waals surface area contributed by atoms with E-state index in [1.807, 2.05) is 31.2 Å². The van der Waals surface area contributed by atoms with E-state index in [-0.39, 0.29) is 28.9 Å². The molecule has 2 aromatic carbocycles. The molecule has 210 valence electrons. The highest BCUT2D eigenvalue weighted by Crippen LogP contribution is 2.37. The lowest BCUT2D eigenvalue weighted by Crippen LogP contribution is -2.19. The SMILES string of the molecule is C[C@H](Cc1cn(C(N)=O)cn1)Nc1cccc(-c2cc(-c3ccc(Cl)cc3O)nc(NC(=O)c3ccco3)c2C#N)c1. The van der Waals surface area contributed by atoms with Crippen LogP contribution in [-0.2, 0) is 6.42 Å². The number of nitrogens with zero attached hydrogens (tertiary/aromatic N) is 4. The number of primary amides is 1. The summed E-state index contributed by atoms with van der Waals surface area (Å²) in [5.41, 5.74) is 8.66. The van der Waals surface area contributed by atoms with E-state index in [0.29, 0.717) is 39.5 Å². The van der Waals surface area contributed by atoms with Crippen molar-refractivity contribution >= 4 is 35.0 Å². The number of carbonyl (C=O) groups is 2. The first-order chi connectivity index (χ1) is 20.2. The Bertz CT molecular complexity index is 1830. The van der Waals surface area contributed by atoms with Crippen LogP contribution in [0.1, 0.15) is 28.7 Å². The molecule has 3 aromatic heterocycles. The number of nitrogens with two attached hydrogens (primary N) is 1. The summed E-state index contributed by atoms with van der Waals surface area (Å²) < 4.78 is 6.41. The zero-order valence-corrected chi connectivity index (χ0v) is 23.0. The zero-order chi connectivity index (χ0) is 29.8. The molecule has 0 spiro atoms. The molecule has 0 aliphatic carbocycles. The molecular weight excluding hydrogens is 558 g/mol. The van der Waals surface area contributed by atoms with Crippen molar-refractivity contribution in [3.8, 4) is 34.2 Å². The van der Waals surface area contributed by atoms with E-state index in [2.05, 4.69) is 26.7 Å². The Morgan fingerprint density at radius 1 is 1.17 bits per heavy atom. The third-order valence-electron chi connectivity index (χ3n) is 6.34. The van der Waals surface area contributed by atoms with Gasteiger partial charge in [0, 0.05) is 40.5 Å². The molecule has 42 heavy (non-hydrogen) atoms. The van der Waals surface area contributed by atoms with E-state index < -0.39 is 11.9 Å². The molecule has 0 bridgehead atoms. The molecule has 0 aliphatic rings. The molecule has 0 saturated heterocycles. The number of nitriles is 1. The Morgan fingerprint density at radius 2 is 2.00 bits per heavy atom. The summed E-state index contributed by atoms with van der Waals surface area (Å²) >= 11 is 6.04. The van der Waals surface area contributed by atoms with Crippen LogP contribution in [0.5, 0.6) is 5.75 Å². The highest BCUT2D eigenvalue weighted by atomic mass is 35.5. The van der Waals surface area contributed by atoms with Crippen molar-refractivity contribution in [2.24, 2.45) is 5.73 Å². The number of furan rings is 1. The summed E-state index contributed by atoms with van der Waals surface area (Å²) in [6.07, 6.45) is 4.84. The van der Waals surface area contributed by atoms with Crippen LogP contribution in [0.25, 0.3) is 22.4 Å². The third kappa shape index (κ3) is 6.09. The molecule has 12 heteroatoms. The van der Waals surface area contributed by atoms with Gasteiger partial charge >= 0.3 is 6.03 Å². The number of amides is 2. The molecule has 11 nitrogen and oxygen atoms in total. The second kappa shape index (κ2) is 11.9. The molecule has 5 aromatic rings. The number of hydrogen-bond donors (Lipinski definition) is 4. The van der Waals surface area contributed by atoms with Crippen LogP contribution in [0.3, 0.4) is 0 Å². The van der Waals surface area contributed by atoms with Gasteiger partial charge in [-0.1, -0.05) is 23.7 Å². The predicted molar refractivity (Wildman–Crippen MR) is 157 cm³/mol. The Morgan fingerprint density at radius 3 is 2.69 bits per heavy atom. The van der Waals surface area contributed by atoms with Gasteiger partial charge in [-0.25, -0.2) is 14.8 Å². The molecule has 0 fully saturated rings. The van der Waals surface area contributed by atoms with Crippen LogP contribution in [0.4, 0.5) is 16.3 Å². The number of phenols is 1. The molecule has 0 aliphatic heterocycles. The first-order valence-corrected chi connectivity index (χ1v) is 13.1. The monoisotopic (exact) mass is 581 g/mol. The summed E-state index contributed by atoms with van der Waals surface area (Å²) in [5, 5.41) is 27.2. The maximum atomic E-state index is 12.9. The van der Waals surface area contributed by atoms with Crippen molar-refractivity contribution in [2.75, 3.05) is 10.6 Å². The largest absolute Gasteiger partial charge is 0.507 e. The molecule has 2 amide bonds. The van der Waals surface area contributed by atoms with Gasteiger partial charge in [-0.2, -0.15) is 5.26 Å². The van der Waals surface area contributed by atoms with Crippen molar-refractivity contribution in [3.05, 3.63) is 101 Å². The van der Waals surface area contributed by atoms with E-state index in [0.717, 1.165) is 5.69 Å². The number of halogens is 1. The van der Waals surface area contributed by atoms with Crippen molar-refractivity contribution in [1.29, 1.82) is 5.26 Å². The topological polar surface area (TPSA) is 172 Å². The second-order valence-electron chi connectivity index (χ2n) is 9.42. The van der Waals surface area contributed by atoms with Crippen molar-refractivity contribution in [3.63, 3.8) is 0 Å². The number of nitrogens with one attached hydrogen (secondary N) is 2. The standard InChI is InChI=1S/C30H24ClN7O4/c1-17(10-21-15-38(16-34-21)30(33)41)35-20-5-2-4-18(11-20)23-13-25(22-8-7-19(31)12-26(22)39)36-28(24(23)14-32)37-29(40)27-6-3-9-42-27/h2-9,11-13,15-17,35,39H,10H2,1H3,(H2,33,41)(H,36,37,40)/t17-/m1/s1. The van der Waals surface area contributed by atoms with E-state index in [4.69, 9.17) is 21.8 Å². The van der Waals surface area contributed by atoms with Crippen LogP contribution in [0, 0.1) is 11.3 Å². The van der Waals surface area contributed by atoms with Gasteiger partial charge in [0.05, 0.1) is 17.7 Å². The van der Waals surface area contributed by atoms with Crippen LogP contribution in [0.2, 0.25) is 5.02 Å². The van der Waals surface area contributed by atoms with Crippen molar-refractivity contribution in [2.45, 2.75) is 19.4 Å². The molecule has 0 unspecified atom stereocenters. The van der Waals surface area contributed by atoms with Gasteiger partial charge < -0.3 is 25.9 Å². The van der Waals surface area contributed by atoms with Gasteiger partial charge in [0.15, 0.2) is 11.6 Å². The molecule has 5 rings (SSSR count). The van der Waals surface area contributed by atoms with Crippen LogP contribution >= 0.6 is 11.6 Å². The van der Waals surface area contributed by atoms with E-state index in [1.165, 1.54) is 29.3 Å². The van der Waals surface area contributed by atoms with Gasteiger partial charge in [0.2, 0.25) is 0 Å². The Labute approximate surface area is 245 Å². The smallest absolute Gasteiger partial charge is 0.324 e. The molecule has 5 N–H and O–H groups in total. The number of aromatic hydroxyl groups is 1. The number of aromatic nitrogens is 3. The minimum Gasteiger partial charge on any atom is -0.507 e. The number of hydrogen-bond acceptors (Lipinski definition) is 8. The second-order valence-corrected chi connectivity index (χ2v) is 9.86. The fraction of sp³-hybridized carbons (Fsp3) is 0.100. The molecule has 3 heterocycles. The maximum Gasteiger partial charge on any atom is 0.324 e. The number of rotatable bonds is 8. The summed E-state index contributed by atoms with van der Waals surface area (Å²) in [5.74, 6) is -0.659. The fourth-order valence-electron chi connectivity index (χ4n) is 4.43.